The smallest absolute Gasteiger partial charge is 0.269 e. The summed E-state index contributed by atoms with van der Waals surface area (Å²) in [6.07, 6.45) is 5.20. The minimum atomic E-state index is -0.190. The van der Waals surface area contributed by atoms with Crippen LogP contribution in [0.25, 0.3) is 11.3 Å². The van der Waals surface area contributed by atoms with E-state index in [0.29, 0.717) is 30.4 Å². The Labute approximate surface area is 184 Å². The number of nitrogens with zero attached hydrogens (tertiary/aromatic N) is 6. The lowest BCUT2D eigenvalue weighted by Gasteiger charge is -2.40. The highest BCUT2D eigenvalue weighted by molar-refractivity contribution is 5.62. The molecule has 5 rings (SSSR count). The summed E-state index contributed by atoms with van der Waals surface area (Å²) in [5.41, 5.74) is 3.83. The molecule has 9 nitrogen and oxygen atoms in total. The minimum absolute atomic E-state index is 0.0395. The Balaban J connectivity index is 1.29. The summed E-state index contributed by atoms with van der Waals surface area (Å²) in [7, 11) is 0. The number of hydrogen-bond acceptors (Lipinski definition) is 8. The first-order chi connectivity index (χ1) is 15.6. The third-order valence-electron chi connectivity index (χ3n) is 5.47. The van der Waals surface area contributed by atoms with Gasteiger partial charge in [0.1, 0.15) is 17.6 Å². The molecule has 0 N–H and O–H groups in total. The predicted octanol–water partition coefficient (Wildman–Crippen LogP) is 2.62. The van der Waals surface area contributed by atoms with Crippen LogP contribution in [-0.4, -0.2) is 44.1 Å². The topological polar surface area (TPSA) is 99.2 Å². The lowest BCUT2D eigenvalue weighted by molar-refractivity contribution is 0.160. The van der Waals surface area contributed by atoms with E-state index in [1.165, 1.54) is 4.68 Å². The fourth-order valence-corrected chi connectivity index (χ4v) is 3.59. The highest BCUT2D eigenvalue weighted by Gasteiger charge is 2.29. The number of aryl methyl sites for hydroxylation is 2. The van der Waals surface area contributed by atoms with Crippen molar-refractivity contribution in [1.82, 2.24) is 24.9 Å². The summed E-state index contributed by atoms with van der Waals surface area (Å²) < 4.78 is 12.6. The zero-order chi connectivity index (χ0) is 22.1. The van der Waals surface area contributed by atoms with Gasteiger partial charge in [-0.1, -0.05) is 11.2 Å². The van der Waals surface area contributed by atoms with E-state index in [0.717, 1.165) is 22.5 Å². The van der Waals surface area contributed by atoms with E-state index >= 15 is 0 Å². The third-order valence-corrected chi connectivity index (χ3v) is 5.47. The molecular weight excluding hydrogens is 408 g/mol. The van der Waals surface area contributed by atoms with E-state index in [2.05, 4.69) is 25.1 Å². The molecule has 0 amide bonds. The summed E-state index contributed by atoms with van der Waals surface area (Å²) in [4.78, 5) is 23.3. The Hall–Kier alpha value is -4.01. The molecule has 0 atom stereocenters. The van der Waals surface area contributed by atoms with Gasteiger partial charge >= 0.3 is 0 Å². The van der Waals surface area contributed by atoms with Crippen molar-refractivity contribution in [3.05, 3.63) is 82.4 Å². The van der Waals surface area contributed by atoms with Gasteiger partial charge in [0, 0.05) is 41.3 Å². The monoisotopic (exact) mass is 430 g/mol. The van der Waals surface area contributed by atoms with E-state index in [-0.39, 0.29) is 18.2 Å². The molecule has 4 aromatic rings. The summed E-state index contributed by atoms with van der Waals surface area (Å²) >= 11 is 0. The lowest BCUT2D eigenvalue weighted by atomic mass is 10.1. The molecular formula is C23H22N6O3. The molecule has 0 spiro atoms. The standard InChI is InChI=1S/C23H22N6O3/c1-15-6-7-17(10-25-15)23-20(16(2)32-27-23)14-29-22(30)9-18(11-26-29)28-12-19(13-28)31-21-5-3-4-8-24-21/h3-11,19H,12-14H2,1-2H3. The van der Waals surface area contributed by atoms with Gasteiger partial charge in [-0.05, 0) is 32.0 Å². The van der Waals surface area contributed by atoms with Crippen LogP contribution in [0.5, 0.6) is 5.88 Å². The Morgan fingerprint density at radius 3 is 2.72 bits per heavy atom. The van der Waals surface area contributed by atoms with Crippen LogP contribution in [0, 0.1) is 13.8 Å². The maximum Gasteiger partial charge on any atom is 0.269 e. The zero-order valence-corrected chi connectivity index (χ0v) is 17.8. The van der Waals surface area contributed by atoms with Crippen molar-refractivity contribution in [2.24, 2.45) is 0 Å². The molecule has 9 heteroatoms. The second-order valence-corrected chi connectivity index (χ2v) is 7.78. The molecule has 0 aromatic carbocycles. The van der Waals surface area contributed by atoms with E-state index in [4.69, 9.17) is 9.26 Å². The Morgan fingerprint density at radius 2 is 2.00 bits per heavy atom. The quantitative estimate of drug-likeness (QED) is 0.460. The zero-order valence-electron chi connectivity index (χ0n) is 17.8. The van der Waals surface area contributed by atoms with Crippen LogP contribution in [0.4, 0.5) is 5.69 Å². The number of rotatable bonds is 6. The van der Waals surface area contributed by atoms with Crippen molar-refractivity contribution >= 4 is 5.69 Å². The molecule has 162 valence electrons. The maximum atomic E-state index is 12.8. The summed E-state index contributed by atoms with van der Waals surface area (Å²) in [6.45, 7) is 5.38. The molecule has 0 saturated carbocycles. The molecule has 1 fully saturated rings. The van der Waals surface area contributed by atoms with E-state index in [1.54, 1.807) is 24.7 Å². The van der Waals surface area contributed by atoms with Gasteiger partial charge in [-0.2, -0.15) is 5.10 Å². The van der Waals surface area contributed by atoms with E-state index < -0.39 is 0 Å². The average Bonchev–Trinajstić information content (AvgIpc) is 3.13. The van der Waals surface area contributed by atoms with Crippen LogP contribution >= 0.6 is 0 Å². The molecule has 1 aliphatic rings. The lowest BCUT2D eigenvalue weighted by Crippen LogP contribution is -2.54. The predicted molar refractivity (Wildman–Crippen MR) is 118 cm³/mol. The summed E-state index contributed by atoms with van der Waals surface area (Å²) in [5, 5.41) is 8.55. The van der Waals surface area contributed by atoms with Crippen LogP contribution in [0.1, 0.15) is 17.0 Å². The Bertz CT molecular complexity index is 1280. The maximum absolute atomic E-state index is 12.8. The van der Waals surface area contributed by atoms with Crippen LogP contribution in [0.15, 0.2) is 64.3 Å². The Kier molecular flexibility index (Phi) is 5.14. The normalized spacial score (nSPS) is 13.8. The van der Waals surface area contributed by atoms with E-state index in [9.17, 15) is 4.79 Å². The molecule has 32 heavy (non-hydrogen) atoms. The molecule has 1 saturated heterocycles. The molecule has 1 aliphatic heterocycles. The first kappa shape index (κ1) is 19.9. The van der Waals surface area contributed by atoms with Gasteiger partial charge in [-0.3, -0.25) is 9.78 Å². The number of hydrogen-bond donors (Lipinski definition) is 0. The van der Waals surface area contributed by atoms with Crippen molar-refractivity contribution in [3.8, 4) is 17.1 Å². The molecule has 0 radical (unpaired) electrons. The largest absolute Gasteiger partial charge is 0.471 e. The summed E-state index contributed by atoms with van der Waals surface area (Å²) in [6, 6.07) is 11.0. The van der Waals surface area contributed by atoms with Crippen LogP contribution < -0.4 is 15.2 Å². The summed E-state index contributed by atoms with van der Waals surface area (Å²) in [5.74, 6) is 1.25. The van der Waals surface area contributed by atoms with Gasteiger partial charge in [0.05, 0.1) is 31.5 Å². The first-order valence-corrected chi connectivity index (χ1v) is 10.3. The van der Waals surface area contributed by atoms with Crippen molar-refractivity contribution in [1.29, 1.82) is 0 Å². The molecule has 0 unspecified atom stereocenters. The van der Waals surface area contributed by atoms with Gasteiger partial charge in [-0.25, -0.2) is 9.67 Å². The fourth-order valence-electron chi connectivity index (χ4n) is 3.59. The van der Waals surface area contributed by atoms with Crippen LogP contribution in [0.3, 0.4) is 0 Å². The number of aromatic nitrogens is 5. The van der Waals surface area contributed by atoms with Crippen molar-refractivity contribution in [2.45, 2.75) is 26.5 Å². The second-order valence-electron chi connectivity index (χ2n) is 7.78. The first-order valence-electron chi connectivity index (χ1n) is 10.3. The molecule has 4 aromatic heterocycles. The molecule has 5 heterocycles. The van der Waals surface area contributed by atoms with Crippen molar-refractivity contribution in [3.63, 3.8) is 0 Å². The van der Waals surface area contributed by atoms with E-state index in [1.807, 2.05) is 44.2 Å². The second kappa shape index (κ2) is 8.26. The highest BCUT2D eigenvalue weighted by atomic mass is 16.5. The van der Waals surface area contributed by atoms with Gasteiger partial charge in [0.25, 0.3) is 5.56 Å². The fraction of sp³-hybridized carbons (Fsp3) is 0.261. The Morgan fingerprint density at radius 1 is 1.12 bits per heavy atom. The van der Waals surface area contributed by atoms with Crippen LogP contribution in [0.2, 0.25) is 0 Å². The molecule has 0 bridgehead atoms. The van der Waals surface area contributed by atoms with Gasteiger partial charge in [-0.15, -0.1) is 0 Å². The average molecular weight is 430 g/mol. The SMILES string of the molecule is Cc1ccc(-c2noc(C)c2Cn2ncc(N3CC(Oc4ccccn4)C3)cc2=O)cn1. The number of anilines is 1. The molecule has 0 aliphatic carbocycles. The van der Waals surface area contributed by atoms with Gasteiger partial charge < -0.3 is 14.2 Å². The number of pyridine rings is 2. The third kappa shape index (κ3) is 3.96. The van der Waals surface area contributed by atoms with Crippen molar-refractivity contribution < 1.29 is 9.26 Å². The highest BCUT2D eigenvalue weighted by Crippen LogP contribution is 2.26. The van der Waals surface area contributed by atoms with Gasteiger partial charge in [0.2, 0.25) is 5.88 Å². The number of ether oxygens (including phenoxy) is 1. The minimum Gasteiger partial charge on any atom is -0.471 e. The van der Waals surface area contributed by atoms with Crippen LogP contribution in [-0.2, 0) is 6.54 Å². The van der Waals surface area contributed by atoms with Gasteiger partial charge in [0.15, 0.2) is 0 Å². The van der Waals surface area contributed by atoms with Crippen molar-refractivity contribution in [2.75, 3.05) is 18.0 Å².